The van der Waals surface area contributed by atoms with E-state index in [1.54, 1.807) is 0 Å². The number of nitrogens with one attached hydrogen (secondary N) is 2. The number of nitro benzene ring substituents is 1. The van der Waals surface area contributed by atoms with E-state index in [0.29, 0.717) is 11.8 Å². The molecule has 1 aromatic carbocycles. The maximum Gasteiger partial charge on any atom is 0.270 e. The Morgan fingerprint density at radius 2 is 2.15 bits per heavy atom. The molecule has 1 aromatic heterocycles. The van der Waals surface area contributed by atoms with Crippen LogP contribution in [0.5, 0.6) is 0 Å². The number of benzene rings is 1. The first kappa shape index (κ1) is 14.1. The zero-order valence-electron chi connectivity index (χ0n) is 9.91. The minimum Gasteiger partial charge on any atom is -0.281 e. The highest BCUT2D eigenvalue weighted by molar-refractivity contribution is 7.89. The third-order valence-corrected chi connectivity index (χ3v) is 3.84. The second kappa shape index (κ2) is 5.35. The summed E-state index contributed by atoms with van der Waals surface area (Å²) in [5, 5.41) is 16.7. The van der Waals surface area contributed by atoms with Crippen LogP contribution in [0, 0.1) is 15.9 Å². The molecule has 0 amide bonds. The number of rotatable bonds is 5. The molecule has 0 atom stereocenters. The fourth-order valence-corrected chi connectivity index (χ4v) is 2.55. The number of hydrogen-bond acceptors (Lipinski definition) is 5. The van der Waals surface area contributed by atoms with Crippen LogP contribution < -0.4 is 4.72 Å². The number of nitrogens with zero attached hydrogens (tertiary/aromatic N) is 2. The van der Waals surface area contributed by atoms with Gasteiger partial charge >= 0.3 is 0 Å². The molecule has 0 saturated carbocycles. The van der Waals surface area contributed by atoms with Crippen LogP contribution in [0.3, 0.4) is 0 Å². The van der Waals surface area contributed by atoms with Gasteiger partial charge in [0, 0.05) is 18.3 Å². The quantitative estimate of drug-likeness (QED) is 0.629. The number of sulfonamides is 1. The fraction of sp³-hybridized carbons (Fsp3) is 0.100. The zero-order chi connectivity index (χ0) is 14.8. The topological polar surface area (TPSA) is 118 Å². The molecule has 2 N–H and O–H groups in total. The lowest BCUT2D eigenvalue weighted by molar-refractivity contribution is -0.385. The third-order valence-electron chi connectivity index (χ3n) is 2.43. The first-order chi connectivity index (χ1) is 9.40. The van der Waals surface area contributed by atoms with Crippen molar-refractivity contribution >= 4 is 15.7 Å². The van der Waals surface area contributed by atoms with Gasteiger partial charge in [-0.1, -0.05) is 0 Å². The SMILES string of the molecule is O=[N+]([O-])c1ccc(F)c(S(=O)(=O)NCc2ccn[nH]2)c1. The molecular formula is C10H9FN4O4S. The lowest BCUT2D eigenvalue weighted by atomic mass is 10.3. The van der Waals surface area contributed by atoms with Gasteiger partial charge in [-0.2, -0.15) is 5.10 Å². The number of aromatic amines is 1. The lowest BCUT2D eigenvalue weighted by Crippen LogP contribution is -2.24. The molecule has 1 heterocycles. The maximum atomic E-state index is 13.5. The predicted molar refractivity (Wildman–Crippen MR) is 65.7 cm³/mol. The van der Waals surface area contributed by atoms with Crippen LogP contribution in [-0.2, 0) is 16.6 Å². The predicted octanol–water partition coefficient (Wildman–Crippen LogP) is 0.935. The van der Waals surface area contributed by atoms with Crippen LogP contribution in [0.2, 0.25) is 0 Å². The summed E-state index contributed by atoms with van der Waals surface area (Å²) in [6.45, 7) is -0.134. The van der Waals surface area contributed by atoms with Crippen molar-refractivity contribution in [3.8, 4) is 0 Å². The first-order valence-corrected chi connectivity index (χ1v) is 6.80. The molecular weight excluding hydrogens is 291 g/mol. The van der Waals surface area contributed by atoms with E-state index in [1.807, 2.05) is 0 Å². The molecule has 20 heavy (non-hydrogen) atoms. The van der Waals surface area contributed by atoms with E-state index < -0.39 is 31.3 Å². The van der Waals surface area contributed by atoms with E-state index in [0.717, 1.165) is 12.1 Å². The summed E-state index contributed by atoms with van der Waals surface area (Å²) in [7, 11) is -4.20. The van der Waals surface area contributed by atoms with Gasteiger partial charge in [0.15, 0.2) is 0 Å². The highest BCUT2D eigenvalue weighted by Gasteiger charge is 2.22. The average Bonchev–Trinajstić information content (AvgIpc) is 2.89. The average molecular weight is 300 g/mol. The van der Waals surface area contributed by atoms with Gasteiger partial charge < -0.3 is 0 Å². The summed E-state index contributed by atoms with van der Waals surface area (Å²) in [6.07, 6.45) is 1.43. The van der Waals surface area contributed by atoms with Crippen molar-refractivity contribution in [3.05, 3.63) is 52.1 Å². The van der Waals surface area contributed by atoms with Gasteiger partial charge in [0.25, 0.3) is 5.69 Å². The van der Waals surface area contributed by atoms with E-state index in [-0.39, 0.29) is 6.54 Å². The van der Waals surface area contributed by atoms with Gasteiger partial charge in [0.05, 0.1) is 17.2 Å². The van der Waals surface area contributed by atoms with Crippen molar-refractivity contribution < 1.29 is 17.7 Å². The monoisotopic (exact) mass is 300 g/mol. The van der Waals surface area contributed by atoms with Crippen LogP contribution in [0.15, 0.2) is 35.4 Å². The van der Waals surface area contributed by atoms with Gasteiger partial charge in [-0.25, -0.2) is 17.5 Å². The van der Waals surface area contributed by atoms with Crippen LogP contribution in [0.1, 0.15) is 5.69 Å². The molecule has 0 saturated heterocycles. The first-order valence-electron chi connectivity index (χ1n) is 5.32. The highest BCUT2D eigenvalue weighted by Crippen LogP contribution is 2.21. The number of H-pyrrole nitrogens is 1. The van der Waals surface area contributed by atoms with Crippen molar-refractivity contribution in [2.45, 2.75) is 11.4 Å². The summed E-state index contributed by atoms with van der Waals surface area (Å²) < 4.78 is 39.5. The minimum atomic E-state index is -4.20. The van der Waals surface area contributed by atoms with Crippen molar-refractivity contribution in [1.82, 2.24) is 14.9 Å². The number of non-ortho nitro benzene ring substituents is 1. The van der Waals surface area contributed by atoms with E-state index in [9.17, 15) is 22.9 Å². The van der Waals surface area contributed by atoms with Gasteiger partial charge in [-0.05, 0) is 12.1 Å². The van der Waals surface area contributed by atoms with Crippen LogP contribution in [0.4, 0.5) is 10.1 Å². The lowest BCUT2D eigenvalue weighted by Gasteiger charge is -2.06. The summed E-state index contributed by atoms with van der Waals surface area (Å²) in [5.74, 6) is -1.06. The molecule has 0 unspecified atom stereocenters. The van der Waals surface area contributed by atoms with E-state index >= 15 is 0 Å². The van der Waals surface area contributed by atoms with E-state index in [2.05, 4.69) is 14.9 Å². The second-order valence-corrected chi connectivity index (χ2v) is 5.51. The molecule has 0 fully saturated rings. The second-order valence-electron chi connectivity index (χ2n) is 3.78. The summed E-state index contributed by atoms with van der Waals surface area (Å²) in [6, 6.07) is 3.84. The molecule has 0 aliphatic heterocycles. The molecule has 0 radical (unpaired) electrons. The fourth-order valence-electron chi connectivity index (χ4n) is 1.45. The van der Waals surface area contributed by atoms with Crippen molar-refractivity contribution in [2.24, 2.45) is 0 Å². The maximum absolute atomic E-state index is 13.5. The van der Waals surface area contributed by atoms with Crippen molar-refractivity contribution in [1.29, 1.82) is 0 Å². The Labute approximate surface area is 112 Å². The molecule has 106 valence electrons. The minimum absolute atomic E-state index is 0.134. The van der Waals surface area contributed by atoms with Gasteiger partial charge in [0.1, 0.15) is 10.7 Å². The third kappa shape index (κ3) is 2.97. The van der Waals surface area contributed by atoms with Crippen LogP contribution in [-0.4, -0.2) is 23.5 Å². The largest absolute Gasteiger partial charge is 0.281 e. The summed E-state index contributed by atoms with van der Waals surface area (Å²) in [5.41, 5.74) is -0.0345. The molecule has 0 aliphatic carbocycles. The normalized spacial score (nSPS) is 11.4. The summed E-state index contributed by atoms with van der Waals surface area (Å²) >= 11 is 0. The van der Waals surface area contributed by atoms with Crippen LogP contribution >= 0.6 is 0 Å². The number of aromatic nitrogens is 2. The Hall–Kier alpha value is -2.33. The van der Waals surface area contributed by atoms with Gasteiger partial charge in [-0.15, -0.1) is 0 Å². The highest BCUT2D eigenvalue weighted by atomic mass is 32.2. The molecule has 0 spiro atoms. The smallest absolute Gasteiger partial charge is 0.270 e. The van der Waals surface area contributed by atoms with E-state index in [1.165, 1.54) is 12.3 Å². The summed E-state index contributed by atoms with van der Waals surface area (Å²) in [4.78, 5) is 9.02. The van der Waals surface area contributed by atoms with E-state index in [4.69, 9.17) is 0 Å². The Kier molecular flexibility index (Phi) is 3.77. The molecule has 0 bridgehead atoms. The molecule has 2 aromatic rings. The Balaban J connectivity index is 2.28. The van der Waals surface area contributed by atoms with Gasteiger partial charge in [0.2, 0.25) is 10.0 Å². The molecule has 8 nitrogen and oxygen atoms in total. The van der Waals surface area contributed by atoms with Crippen molar-refractivity contribution in [2.75, 3.05) is 0 Å². The number of nitro groups is 1. The molecule has 10 heteroatoms. The Morgan fingerprint density at radius 1 is 1.40 bits per heavy atom. The number of halogens is 1. The Morgan fingerprint density at radius 3 is 2.75 bits per heavy atom. The van der Waals surface area contributed by atoms with Gasteiger partial charge in [-0.3, -0.25) is 15.2 Å². The van der Waals surface area contributed by atoms with Crippen molar-refractivity contribution in [3.63, 3.8) is 0 Å². The molecule has 2 rings (SSSR count). The molecule has 0 aliphatic rings. The van der Waals surface area contributed by atoms with Crippen LogP contribution in [0.25, 0.3) is 0 Å². The Bertz CT molecular complexity index is 730. The zero-order valence-corrected chi connectivity index (χ0v) is 10.7. The number of hydrogen-bond donors (Lipinski definition) is 2. The standard InChI is InChI=1S/C10H9FN4O4S/c11-9-2-1-8(15(16)17)5-10(9)20(18,19)13-6-7-3-4-12-14-7/h1-5,13H,6H2,(H,12,14).